The van der Waals surface area contributed by atoms with Gasteiger partial charge in [-0.2, -0.15) is 0 Å². The molecular formula is C23H35N3O3. The van der Waals surface area contributed by atoms with E-state index in [0.717, 1.165) is 62.7 Å². The minimum absolute atomic E-state index is 0.215. The normalized spacial score (nSPS) is 12.6. The monoisotopic (exact) mass is 401 g/mol. The van der Waals surface area contributed by atoms with E-state index in [9.17, 15) is 5.11 Å². The van der Waals surface area contributed by atoms with Crippen molar-refractivity contribution in [1.29, 1.82) is 0 Å². The van der Waals surface area contributed by atoms with Crippen LogP contribution in [0.5, 0.6) is 5.75 Å². The Labute approximate surface area is 174 Å². The molecule has 0 radical (unpaired) electrons. The van der Waals surface area contributed by atoms with Gasteiger partial charge in [0.1, 0.15) is 11.5 Å². The summed E-state index contributed by atoms with van der Waals surface area (Å²) in [6, 6.07) is 12.0. The molecule has 2 rings (SSSR count). The number of hydrogen-bond donors (Lipinski definition) is 3. The number of nitrogens with zero attached hydrogens (tertiary/aromatic N) is 1. The van der Waals surface area contributed by atoms with Crippen LogP contribution >= 0.6 is 0 Å². The van der Waals surface area contributed by atoms with Crippen molar-refractivity contribution >= 4 is 5.96 Å². The average Bonchev–Trinajstić information content (AvgIpc) is 3.26. The number of methoxy groups -OCH3 is 1. The van der Waals surface area contributed by atoms with Gasteiger partial charge in [0.25, 0.3) is 0 Å². The maximum atomic E-state index is 9.28. The highest BCUT2D eigenvalue weighted by Gasteiger charge is 2.08. The maximum absolute atomic E-state index is 9.28. The average molecular weight is 402 g/mol. The summed E-state index contributed by atoms with van der Waals surface area (Å²) in [6.07, 6.45) is 6.38. The Morgan fingerprint density at radius 3 is 2.48 bits per heavy atom. The van der Waals surface area contributed by atoms with E-state index in [-0.39, 0.29) is 6.61 Å². The van der Waals surface area contributed by atoms with Gasteiger partial charge in [-0.15, -0.1) is 0 Å². The third-order valence-corrected chi connectivity index (χ3v) is 4.85. The number of aliphatic hydroxyl groups is 1. The molecule has 1 aromatic heterocycles. The second-order valence-corrected chi connectivity index (χ2v) is 7.14. The topological polar surface area (TPSA) is 79.0 Å². The van der Waals surface area contributed by atoms with Gasteiger partial charge in [-0.1, -0.05) is 25.5 Å². The number of aliphatic hydroxyl groups excluding tert-OH is 1. The summed E-state index contributed by atoms with van der Waals surface area (Å²) in [6.45, 7) is 4.64. The maximum Gasteiger partial charge on any atom is 0.191 e. The minimum Gasteiger partial charge on any atom is -0.497 e. The molecule has 6 nitrogen and oxygen atoms in total. The molecule has 1 atom stereocenters. The van der Waals surface area contributed by atoms with E-state index in [1.54, 1.807) is 13.4 Å². The van der Waals surface area contributed by atoms with E-state index >= 15 is 0 Å². The molecular weight excluding hydrogens is 366 g/mol. The lowest BCUT2D eigenvalue weighted by molar-refractivity contribution is 0.253. The highest BCUT2D eigenvalue weighted by molar-refractivity contribution is 5.79. The van der Waals surface area contributed by atoms with Crippen LogP contribution < -0.4 is 15.4 Å². The third-order valence-electron chi connectivity index (χ3n) is 4.85. The molecule has 0 amide bonds. The molecule has 6 heteroatoms. The molecule has 2 aromatic rings. The van der Waals surface area contributed by atoms with Gasteiger partial charge in [-0.05, 0) is 55.0 Å². The zero-order chi connectivity index (χ0) is 20.7. The molecule has 0 bridgehead atoms. The van der Waals surface area contributed by atoms with E-state index in [2.05, 4.69) is 29.7 Å². The highest BCUT2D eigenvalue weighted by atomic mass is 16.5. The first-order valence-corrected chi connectivity index (χ1v) is 10.5. The lowest BCUT2D eigenvalue weighted by atomic mass is 10.0. The number of rotatable bonds is 13. The van der Waals surface area contributed by atoms with Gasteiger partial charge in [-0.3, -0.25) is 4.99 Å². The molecule has 29 heavy (non-hydrogen) atoms. The number of hydrogen-bond acceptors (Lipinski definition) is 4. The fraction of sp³-hybridized carbons (Fsp3) is 0.522. The minimum atomic E-state index is 0.215. The Kier molecular flexibility index (Phi) is 10.7. The first-order valence-electron chi connectivity index (χ1n) is 10.5. The van der Waals surface area contributed by atoms with Crippen LogP contribution in [0.1, 0.15) is 37.5 Å². The van der Waals surface area contributed by atoms with Crippen LogP contribution in [0.15, 0.2) is 52.1 Å². The van der Waals surface area contributed by atoms with Gasteiger partial charge in [0, 0.05) is 32.7 Å². The number of aliphatic imine (C=N–C) groups is 1. The van der Waals surface area contributed by atoms with Crippen LogP contribution in [-0.2, 0) is 12.8 Å². The molecule has 1 unspecified atom stereocenters. The van der Waals surface area contributed by atoms with Gasteiger partial charge in [0.2, 0.25) is 0 Å². The van der Waals surface area contributed by atoms with Gasteiger partial charge in [-0.25, -0.2) is 0 Å². The summed E-state index contributed by atoms with van der Waals surface area (Å²) >= 11 is 0. The standard InChI is InChI=1S/C23H35N3O3/c1-3-5-20(13-16-27)18-26-23(25-15-12-22-6-4-17-29-22)24-14-11-19-7-9-21(28-2)10-8-19/h4,6-10,17,20,27H,3,5,11-16,18H2,1-2H3,(H2,24,25,26). The van der Waals surface area contributed by atoms with E-state index in [4.69, 9.17) is 14.1 Å². The molecule has 0 spiro atoms. The number of nitrogens with one attached hydrogen (secondary N) is 2. The van der Waals surface area contributed by atoms with E-state index in [0.29, 0.717) is 12.5 Å². The molecule has 0 saturated carbocycles. The smallest absolute Gasteiger partial charge is 0.191 e. The number of benzene rings is 1. The molecule has 0 aliphatic rings. The molecule has 0 fully saturated rings. The quantitative estimate of drug-likeness (QED) is 0.354. The molecule has 3 N–H and O–H groups in total. The Morgan fingerprint density at radius 2 is 1.86 bits per heavy atom. The van der Waals surface area contributed by atoms with Crippen molar-refractivity contribution < 1.29 is 14.3 Å². The van der Waals surface area contributed by atoms with Crippen molar-refractivity contribution in [3.05, 3.63) is 54.0 Å². The zero-order valence-electron chi connectivity index (χ0n) is 17.7. The highest BCUT2D eigenvalue weighted by Crippen LogP contribution is 2.12. The summed E-state index contributed by atoms with van der Waals surface area (Å²) in [5.41, 5.74) is 1.25. The lowest BCUT2D eigenvalue weighted by Crippen LogP contribution is -2.39. The van der Waals surface area contributed by atoms with Gasteiger partial charge in [0.05, 0.1) is 13.4 Å². The fourth-order valence-electron chi connectivity index (χ4n) is 3.19. The molecule has 160 valence electrons. The molecule has 1 aromatic carbocycles. The Hall–Kier alpha value is -2.47. The van der Waals surface area contributed by atoms with Crippen molar-refractivity contribution in [3.8, 4) is 5.75 Å². The van der Waals surface area contributed by atoms with Crippen molar-refractivity contribution in [3.63, 3.8) is 0 Å². The van der Waals surface area contributed by atoms with Crippen molar-refractivity contribution in [1.82, 2.24) is 10.6 Å². The van der Waals surface area contributed by atoms with Crippen molar-refractivity contribution in [2.75, 3.05) is 33.4 Å². The van der Waals surface area contributed by atoms with E-state index < -0.39 is 0 Å². The van der Waals surface area contributed by atoms with Crippen LogP contribution in [0.25, 0.3) is 0 Å². The molecule has 0 aliphatic carbocycles. The van der Waals surface area contributed by atoms with Crippen molar-refractivity contribution in [2.24, 2.45) is 10.9 Å². The largest absolute Gasteiger partial charge is 0.497 e. The van der Waals surface area contributed by atoms with Gasteiger partial charge in [0.15, 0.2) is 5.96 Å². The zero-order valence-corrected chi connectivity index (χ0v) is 17.7. The summed E-state index contributed by atoms with van der Waals surface area (Å²) in [4.78, 5) is 4.77. The summed E-state index contributed by atoms with van der Waals surface area (Å²) in [5.74, 6) is 3.05. The van der Waals surface area contributed by atoms with Crippen LogP contribution in [-0.4, -0.2) is 44.4 Å². The number of furan rings is 1. The first-order chi connectivity index (χ1) is 14.2. The SMILES string of the molecule is CCCC(CCO)CN=C(NCCc1ccc(OC)cc1)NCCc1ccco1. The Balaban J connectivity index is 1.87. The predicted molar refractivity (Wildman–Crippen MR) is 118 cm³/mol. The Bertz CT molecular complexity index is 678. The second-order valence-electron chi connectivity index (χ2n) is 7.14. The number of ether oxygens (including phenoxy) is 1. The second kappa shape index (κ2) is 13.7. The van der Waals surface area contributed by atoms with E-state index in [1.807, 2.05) is 24.3 Å². The molecule has 0 saturated heterocycles. The fourth-order valence-corrected chi connectivity index (χ4v) is 3.19. The summed E-state index contributed by atoms with van der Waals surface area (Å²) < 4.78 is 10.6. The van der Waals surface area contributed by atoms with Crippen molar-refractivity contribution in [2.45, 2.75) is 39.0 Å². The molecule has 0 aliphatic heterocycles. The van der Waals surface area contributed by atoms with Gasteiger partial charge >= 0.3 is 0 Å². The summed E-state index contributed by atoms with van der Waals surface area (Å²) in [5, 5.41) is 16.1. The third kappa shape index (κ3) is 9.05. The molecule has 1 heterocycles. The van der Waals surface area contributed by atoms with Gasteiger partial charge < -0.3 is 24.9 Å². The Morgan fingerprint density at radius 1 is 1.10 bits per heavy atom. The van der Waals surface area contributed by atoms with Crippen LogP contribution in [0.3, 0.4) is 0 Å². The number of guanidine groups is 1. The van der Waals surface area contributed by atoms with E-state index in [1.165, 1.54) is 5.56 Å². The van der Waals surface area contributed by atoms with Crippen LogP contribution in [0, 0.1) is 5.92 Å². The predicted octanol–water partition coefficient (Wildman–Crippen LogP) is 3.41. The summed E-state index contributed by atoms with van der Waals surface area (Å²) in [7, 11) is 1.68. The first kappa shape index (κ1) is 22.8. The lowest BCUT2D eigenvalue weighted by Gasteiger charge is -2.16. The van der Waals surface area contributed by atoms with Crippen LogP contribution in [0.2, 0.25) is 0 Å². The van der Waals surface area contributed by atoms with Crippen LogP contribution in [0.4, 0.5) is 0 Å².